The normalized spacial score (nSPS) is 23.8. The quantitative estimate of drug-likeness (QED) is 0.592. The second-order valence-electron chi connectivity index (χ2n) is 5.32. The molecular weight excluding hydrogens is 228 g/mol. The topological polar surface area (TPSA) is 81.1 Å². The average Bonchev–Trinajstić information content (AvgIpc) is 3.10. The lowest BCUT2D eigenvalue weighted by Gasteiger charge is -2.22. The Balaban J connectivity index is 1.56. The summed E-state index contributed by atoms with van der Waals surface area (Å²) in [7, 11) is 0. The maximum absolute atomic E-state index is 5.84. The molecule has 98 valence electrons. The van der Waals surface area contributed by atoms with Crippen LogP contribution in [0.4, 0.5) is 0 Å². The Bertz CT molecular complexity index is 459. The monoisotopic (exact) mass is 248 g/mol. The highest BCUT2D eigenvalue weighted by molar-refractivity contribution is 5.78. The molecule has 1 aliphatic carbocycles. The molecule has 0 aromatic carbocycles. The summed E-state index contributed by atoms with van der Waals surface area (Å²) in [6.07, 6.45) is 4.57. The van der Waals surface area contributed by atoms with Gasteiger partial charge in [0.1, 0.15) is 11.6 Å². The fourth-order valence-corrected chi connectivity index (χ4v) is 2.39. The highest BCUT2D eigenvalue weighted by Crippen LogP contribution is 2.20. The van der Waals surface area contributed by atoms with Gasteiger partial charge in [0.05, 0.1) is 0 Å². The van der Waals surface area contributed by atoms with Gasteiger partial charge >= 0.3 is 0 Å². The summed E-state index contributed by atoms with van der Waals surface area (Å²) in [6, 6.07) is 0.576. The molecule has 0 radical (unpaired) electrons. The maximum atomic E-state index is 5.84. The van der Waals surface area contributed by atoms with E-state index in [0.29, 0.717) is 17.9 Å². The van der Waals surface area contributed by atoms with Crippen LogP contribution in [-0.2, 0) is 13.0 Å². The lowest BCUT2D eigenvalue weighted by molar-refractivity contribution is 0.370. The smallest absolute Gasteiger partial charge is 0.188 e. The lowest BCUT2D eigenvalue weighted by Crippen LogP contribution is -2.34. The third-order valence-corrected chi connectivity index (χ3v) is 3.68. The zero-order valence-electron chi connectivity index (χ0n) is 10.8. The van der Waals surface area contributed by atoms with Gasteiger partial charge in [-0.2, -0.15) is 0 Å². The van der Waals surface area contributed by atoms with Gasteiger partial charge in [0.2, 0.25) is 0 Å². The first-order valence-corrected chi connectivity index (χ1v) is 6.67. The van der Waals surface area contributed by atoms with Gasteiger partial charge in [0.15, 0.2) is 5.96 Å². The zero-order chi connectivity index (χ0) is 12.5. The van der Waals surface area contributed by atoms with Gasteiger partial charge in [-0.05, 0) is 32.1 Å². The summed E-state index contributed by atoms with van der Waals surface area (Å²) >= 11 is 0. The molecule has 1 aromatic heterocycles. The van der Waals surface area contributed by atoms with E-state index in [2.05, 4.69) is 25.1 Å². The van der Waals surface area contributed by atoms with Crippen LogP contribution in [0.25, 0.3) is 0 Å². The van der Waals surface area contributed by atoms with Crippen molar-refractivity contribution in [2.75, 3.05) is 6.54 Å². The third-order valence-electron chi connectivity index (χ3n) is 3.68. The number of hydrogen-bond acceptors (Lipinski definition) is 3. The fraction of sp³-hybridized carbons (Fsp3) is 0.750. The molecule has 6 heteroatoms. The van der Waals surface area contributed by atoms with Gasteiger partial charge in [0.25, 0.3) is 0 Å². The molecule has 1 atom stereocenters. The highest BCUT2D eigenvalue weighted by Gasteiger charge is 2.23. The Morgan fingerprint density at radius 2 is 2.28 bits per heavy atom. The Morgan fingerprint density at radius 3 is 3.06 bits per heavy atom. The number of guanidine groups is 1. The van der Waals surface area contributed by atoms with Crippen molar-refractivity contribution in [2.24, 2.45) is 16.6 Å². The SMILES string of the molecule is Cc1nnc2n1CC(CN=C(N)NC1CC1)CC2. The number of nitrogens with zero attached hydrogens (tertiary/aromatic N) is 4. The number of aromatic nitrogens is 3. The van der Waals surface area contributed by atoms with Gasteiger partial charge in [-0.15, -0.1) is 10.2 Å². The summed E-state index contributed by atoms with van der Waals surface area (Å²) in [5.74, 6) is 3.26. The molecule has 3 N–H and O–H groups in total. The van der Waals surface area contributed by atoms with E-state index in [1.54, 1.807) is 0 Å². The summed E-state index contributed by atoms with van der Waals surface area (Å²) in [6.45, 7) is 3.77. The van der Waals surface area contributed by atoms with E-state index in [1.165, 1.54) is 12.8 Å². The molecule has 0 saturated heterocycles. The van der Waals surface area contributed by atoms with Crippen molar-refractivity contribution in [1.29, 1.82) is 0 Å². The van der Waals surface area contributed by atoms with Crippen molar-refractivity contribution in [2.45, 2.75) is 45.2 Å². The molecule has 2 heterocycles. The first kappa shape index (κ1) is 11.5. The molecule has 1 fully saturated rings. The first-order chi connectivity index (χ1) is 8.72. The Labute approximate surface area is 107 Å². The minimum Gasteiger partial charge on any atom is -0.370 e. The fourth-order valence-electron chi connectivity index (χ4n) is 2.39. The summed E-state index contributed by atoms with van der Waals surface area (Å²) in [5, 5.41) is 11.5. The standard InChI is InChI=1S/C12H20N6/c1-8-16-17-11-5-2-9(7-18(8)11)6-14-12(13)15-10-3-4-10/h9-10H,2-7H2,1H3,(H3,13,14,15). The van der Waals surface area contributed by atoms with Crippen molar-refractivity contribution in [3.63, 3.8) is 0 Å². The van der Waals surface area contributed by atoms with Crippen LogP contribution >= 0.6 is 0 Å². The van der Waals surface area contributed by atoms with Crippen molar-refractivity contribution >= 4 is 5.96 Å². The molecule has 1 unspecified atom stereocenters. The van der Waals surface area contributed by atoms with E-state index in [-0.39, 0.29) is 0 Å². The number of aryl methyl sites for hydroxylation is 2. The number of fused-ring (bicyclic) bond motifs is 1. The van der Waals surface area contributed by atoms with Gasteiger partial charge in [-0.25, -0.2) is 0 Å². The molecule has 0 spiro atoms. The number of aliphatic imine (C=N–C) groups is 1. The molecule has 1 saturated carbocycles. The summed E-state index contributed by atoms with van der Waals surface area (Å²) in [5.41, 5.74) is 5.84. The summed E-state index contributed by atoms with van der Waals surface area (Å²) < 4.78 is 2.20. The second-order valence-corrected chi connectivity index (χ2v) is 5.32. The van der Waals surface area contributed by atoms with Crippen LogP contribution in [-0.4, -0.2) is 33.3 Å². The van der Waals surface area contributed by atoms with E-state index in [4.69, 9.17) is 5.73 Å². The molecule has 0 amide bonds. The van der Waals surface area contributed by atoms with Crippen LogP contribution in [0.5, 0.6) is 0 Å². The lowest BCUT2D eigenvalue weighted by atomic mass is 9.99. The van der Waals surface area contributed by atoms with Crippen LogP contribution in [0.1, 0.15) is 30.9 Å². The van der Waals surface area contributed by atoms with Crippen LogP contribution in [0, 0.1) is 12.8 Å². The molecule has 3 rings (SSSR count). The van der Waals surface area contributed by atoms with Crippen molar-refractivity contribution in [1.82, 2.24) is 20.1 Å². The van der Waals surface area contributed by atoms with Gasteiger partial charge in [0, 0.05) is 25.6 Å². The largest absolute Gasteiger partial charge is 0.370 e. The number of hydrogen-bond donors (Lipinski definition) is 2. The first-order valence-electron chi connectivity index (χ1n) is 6.67. The van der Waals surface area contributed by atoms with E-state index in [9.17, 15) is 0 Å². The molecule has 18 heavy (non-hydrogen) atoms. The Hall–Kier alpha value is -1.59. The number of rotatable bonds is 3. The average molecular weight is 248 g/mol. The Kier molecular flexibility index (Phi) is 2.93. The molecule has 1 aliphatic heterocycles. The molecule has 0 bridgehead atoms. The van der Waals surface area contributed by atoms with E-state index in [0.717, 1.165) is 37.6 Å². The molecule has 6 nitrogen and oxygen atoms in total. The van der Waals surface area contributed by atoms with Gasteiger partial charge in [-0.3, -0.25) is 4.99 Å². The summed E-state index contributed by atoms with van der Waals surface area (Å²) in [4.78, 5) is 4.44. The predicted molar refractivity (Wildman–Crippen MR) is 69.2 cm³/mol. The zero-order valence-corrected chi connectivity index (χ0v) is 10.8. The van der Waals surface area contributed by atoms with Crippen LogP contribution in [0.2, 0.25) is 0 Å². The van der Waals surface area contributed by atoms with Crippen LogP contribution in [0.15, 0.2) is 4.99 Å². The highest BCUT2D eigenvalue weighted by atomic mass is 15.3. The van der Waals surface area contributed by atoms with E-state index < -0.39 is 0 Å². The Morgan fingerprint density at radius 1 is 1.44 bits per heavy atom. The van der Waals surface area contributed by atoms with E-state index in [1.807, 2.05) is 6.92 Å². The third kappa shape index (κ3) is 2.47. The predicted octanol–water partition coefficient (Wildman–Crippen LogP) is 0.216. The second kappa shape index (κ2) is 4.59. The molecular formula is C12H20N6. The van der Waals surface area contributed by atoms with E-state index >= 15 is 0 Å². The van der Waals surface area contributed by atoms with Crippen LogP contribution in [0.3, 0.4) is 0 Å². The molecule has 1 aromatic rings. The maximum Gasteiger partial charge on any atom is 0.188 e. The molecule has 2 aliphatic rings. The minimum absolute atomic E-state index is 0.548. The minimum atomic E-state index is 0.548. The number of nitrogens with one attached hydrogen (secondary N) is 1. The van der Waals surface area contributed by atoms with Gasteiger partial charge in [-0.1, -0.05) is 0 Å². The van der Waals surface area contributed by atoms with Crippen LogP contribution < -0.4 is 11.1 Å². The van der Waals surface area contributed by atoms with Crippen molar-refractivity contribution < 1.29 is 0 Å². The van der Waals surface area contributed by atoms with Gasteiger partial charge < -0.3 is 15.6 Å². The van der Waals surface area contributed by atoms with Crippen molar-refractivity contribution in [3.8, 4) is 0 Å². The van der Waals surface area contributed by atoms with Crippen molar-refractivity contribution in [3.05, 3.63) is 11.6 Å². The number of nitrogens with two attached hydrogens (primary N) is 1.